The third kappa shape index (κ3) is 3.65. The van der Waals surface area contributed by atoms with E-state index in [1.54, 1.807) is 18.7 Å². The van der Waals surface area contributed by atoms with Crippen molar-refractivity contribution in [2.24, 2.45) is 0 Å². The standard InChI is InChI=1S/C16H19FN4O5S/c1-11-16(12(2)26-18-11)27(24,25)20-7-3-6-19(8-9-20)14-5-4-13(17)10-15(14)21(22)23/h4-5,10H,3,6-9H2,1-2H3. The maximum Gasteiger partial charge on any atom is 0.295 e. The van der Waals surface area contributed by atoms with Crippen molar-refractivity contribution in [1.82, 2.24) is 9.46 Å². The lowest BCUT2D eigenvalue weighted by molar-refractivity contribution is -0.384. The zero-order chi connectivity index (χ0) is 19.8. The summed E-state index contributed by atoms with van der Waals surface area (Å²) in [4.78, 5) is 12.4. The van der Waals surface area contributed by atoms with Gasteiger partial charge in [-0.1, -0.05) is 5.16 Å². The number of hydrogen-bond donors (Lipinski definition) is 0. The third-order valence-electron chi connectivity index (χ3n) is 4.50. The lowest BCUT2D eigenvalue weighted by atomic mass is 10.2. The summed E-state index contributed by atoms with van der Waals surface area (Å²) in [6.07, 6.45) is 0.469. The molecule has 0 atom stereocenters. The molecule has 0 saturated carbocycles. The molecule has 0 amide bonds. The van der Waals surface area contributed by atoms with Gasteiger partial charge in [0.25, 0.3) is 5.69 Å². The van der Waals surface area contributed by atoms with Crippen molar-refractivity contribution in [2.75, 3.05) is 31.1 Å². The summed E-state index contributed by atoms with van der Waals surface area (Å²) in [5, 5.41) is 14.9. The van der Waals surface area contributed by atoms with Crippen molar-refractivity contribution in [3.63, 3.8) is 0 Å². The molecule has 1 aromatic heterocycles. The normalized spacial score (nSPS) is 16.3. The van der Waals surface area contributed by atoms with Crippen LogP contribution >= 0.6 is 0 Å². The van der Waals surface area contributed by atoms with Crippen molar-refractivity contribution in [3.8, 4) is 0 Å². The Morgan fingerprint density at radius 3 is 2.59 bits per heavy atom. The number of hydrogen-bond acceptors (Lipinski definition) is 7. The molecule has 1 aromatic carbocycles. The average molecular weight is 398 g/mol. The van der Waals surface area contributed by atoms with Crippen LogP contribution in [0.15, 0.2) is 27.6 Å². The van der Waals surface area contributed by atoms with Gasteiger partial charge < -0.3 is 9.42 Å². The molecule has 1 saturated heterocycles. The number of halogens is 1. The van der Waals surface area contributed by atoms with E-state index < -0.39 is 20.8 Å². The summed E-state index contributed by atoms with van der Waals surface area (Å²) in [7, 11) is -3.79. The van der Waals surface area contributed by atoms with Crippen LogP contribution < -0.4 is 4.90 Å². The molecule has 0 bridgehead atoms. The second-order valence-corrected chi connectivity index (χ2v) is 8.16. The summed E-state index contributed by atoms with van der Waals surface area (Å²) in [6, 6.07) is 3.39. The van der Waals surface area contributed by atoms with E-state index in [0.717, 1.165) is 12.1 Å². The monoisotopic (exact) mass is 398 g/mol. The van der Waals surface area contributed by atoms with Crippen LogP contribution in [0.3, 0.4) is 0 Å². The number of nitro benzene ring substituents is 1. The van der Waals surface area contributed by atoms with E-state index in [9.17, 15) is 22.9 Å². The second-order valence-electron chi connectivity index (χ2n) is 6.29. The van der Waals surface area contributed by atoms with E-state index in [1.807, 2.05) is 0 Å². The fourth-order valence-corrected chi connectivity index (χ4v) is 5.02. The van der Waals surface area contributed by atoms with Gasteiger partial charge in [-0.3, -0.25) is 10.1 Å². The molecule has 1 fully saturated rings. The van der Waals surface area contributed by atoms with Crippen LogP contribution in [-0.4, -0.2) is 49.0 Å². The minimum Gasteiger partial charge on any atom is -0.365 e. The van der Waals surface area contributed by atoms with Crippen LogP contribution in [0.25, 0.3) is 0 Å². The summed E-state index contributed by atoms with van der Waals surface area (Å²) in [6.45, 7) is 4.17. The van der Waals surface area contributed by atoms with Gasteiger partial charge in [0.2, 0.25) is 10.0 Å². The maximum atomic E-state index is 13.4. The van der Waals surface area contributed by atoms with Crippen LogP contribution in [0, 0.1) is 29.8 Å². The molecule has 146 valence electrons. The summed E-state index contributed by atoms with van der Waals surface area (Å²) in [5.41, 5.74) is 0.234. The number of rotatable bonds is 4. The molecule has 11 heteroatoms. The van der Waals surface area contributed by atoms with Crippen LogP contribution in [0.2, 0.25) is 0 Å². The van der Waals surface area contributed by atoms with E-state index in [2.05, 4.69) is 5.16 Å². The van der Waals surface area contributed by atoms with Gasteiger partial charge >= 0.3 is 0 Å². The number of sulfonamides is 1. The first-order valence-corrected chi connectivity index (χ1v) is 9.77. The first-order chi connectivity index (χ1) is 12.7. The van der Waals surface area contributed by atoms with Crippen molar-refractivity contribution in [1.29, 1.82) is 0 Å². The topological polar surface area (TPSA) is 110 Å². The Labute approximate surface area is 155 Å². The number of aryl methyl sites for hydroxylation is 2. The quantitative estimate of drug-likeness (QED) is 0.574. The van der Waals surface area contributed by atoms with Crippen LogP contribution in [0.4, 0.5) is 15.8 Å². The van der Waals surface area contributed by atoms with Gasteiger partial charge in [0.1, 0.15) is 22.1 Å². The van der Waals surface area contributed by atoms with E-state index in [0.29, 0.717) is 18.7 Å². The SMILES string of the molecule is Cc1noc(C)c1S(=O)(=O)N1CCCN(c2ccc(F)cc2[N+](=O)[O-])CC1. The fourth-order valence-electron chi connectivity index (χ4n) is 3.26. The van der Waals surface area contributed by atoms with Crippen LogP contribution in [0.1, 0.15) is 17.9 Å². The summed E-state index contributed by atoms with van der Waals surface area (Å²) >= 11 is 0. The Morgan fingerprint density at radius 2 is 1.96 bits per heavy atom. The van der Waals surface area contributed by atoms with Gasteiger partial charge in [0.15, 0.2) is 5.76 Å². The highest BCUT2D eigenvalue weighted by Gasteiger charge is 2.33. The van der Waals surface area contributed by atoms with Crippen LogP contribution in [0.5, 0.6) is 0 Å². The van der Waals surface area contributed by atoms with Crippen LogP contribution in [-0.2, 0) is 10.0 Å². The van der Waals surface area contributed by atoms with Gasteiger partial charge in [-0.15, -0.1) is 0 Å². The first kappa shape index (κ1) is 19.2. The molecular formula is C16H19FN4O5S. The molecule has 0 unspecified atom stereocenters. The minimum atomic E-state index is -3.79. The third-order valence-corrected chi connectivity index (χ3v) is 6.64. The highest BCUT2D eigenvalue weighted by Crippen LogP contribution is 2.31. The molecule has 1 aliphatic rings. The average Bonchev–Trinajstić information content (AvgIpc) is 2.82. The smallest absolute Gasteiger partial charge is 0.295 e. The van der Waals surface area contributed by atoms with Gasteiger partial charge in [0.05, 0.1) is 11.0 Å². The van der Waals surface area contributed by atoms with Gasteiger partial charge in [0, 0.05) is 26.2 Å². The zero-order valence-electron chi connectivity index (χ0n) is 14.9. The Kier molecular flexibility index (Phi) is 5.16. The Morgan fingerprint density at radius 1 is 1.22 bits per heavy atom. The Balaban J connectivity index is 1.86. The molecule has 0 N–H and O–H groups in total. The molecule has 9 nitrogen and oxygen atoms in total. The molecule has 3 rings (SSSR count). The number of anilines is 1. The predicted octanol–water partition coefficient (Wildman–Crippen LogP) is 2.24. The molecule has 0 spiro atoms. The zero-order valence-corrected chi connectivity index (χ0v) is 15.7. The summed E-state index contributed by atoms with van der Waals surface area (Å²) in [5.74, 6) is -0.467. The molecular weight excluding hydrogens is 379 g/mol. The predicted molar refractivity (Wildman–Crippen MR) is 94.6 cm³/mol. The minimum absolute atomic E-state index is 0.0590. The lowest BCUT2D eigenvalue weighted by Gasteiger charge is -2.23. The molecule has 0 aliphatic carbocycles. The van der Waals surface area contributed by atoms with E-state index in [-0.39, 0.29) is 41.7 Å². The van der Waals surface area contributed by atoms with Gasteiger partial charge in [-0.2, -0.15) is 4.31 Å². The Hall–Kier alpha value is -2.53. The van der Waals surface area contributed by atoms with Gasteiger partial charge in [-0.05, 0) is 32.4 Å². The first-order valence-electron chi connectivity index (χ1n) is 8.33. The largest absolute Gasteiger partial charge is 0.365 e. The molecule has 27 heavy (non-hydrogen) atoms. The highest BCUT2D eigenvalue weighted by atomic mass is 32.2. The molecule has 0 radical (unpaired) electrons. The van der Waals surface area contributed by atoms with Gasteiger partial charge in [-0.25, -0.2) is 12.8 Å². The maximum absolute atomic E-state index is 13.4. The fraction of sp³-hybridized carbons (Fsp3) is 0.438. The van der Waals surface area contributed by atoms with E-state index in [4.69, 9.17) is 4.52 Å². The summed E-state index contributed by atoms with van der Waals surface area (Å²) < 4.78 is 45.6. The van der Waals surface area contributed by atoms with Crippen molar-refractivity contribution < 1.29 is 22.3 Å². The Bertz CT molecular complexity index is 956. The number of nitro groups is 1. The molecule has 2 aromatic rings. The number of aromatic nitrogens is 1. The number of benzene rings is 1. The molecule has 2 heterocycles. The van der Waals surface area contributed by atoms with Crippen molar-refractivity contribution >= 4 is 21.4 Å². The van der Waals surface area contributed by atoms with Crippen molar-refractivity contribution in [3.05, 3.63) is 45.6 Å². The second kappa shape index (κ2) is 7.24. The molecule has 1 aliphatic heterocycles. The van der Waals surface area contributed by atoms with E-state index >= 15 is 0 Å². The van der Waals surface area contributed by atoms with E-state index in [1.165, 1.54) is 10.4 Å². The van der Waals surface area contributed by atoms with Crippen molar-refractivity contribution in [2.45, 2.75) is 25.2 Å². The lowest BCUT2D eigenvalue weighted by Crippen LogP contribution is -2.35. The number of nitrogens with zero attached hydrogens (tertiary/aromatic N) is 4. The highest BCUT2D eigenvalue weighted by molar-refractivity contribution is 7.89.